The fourth-order valence-corrected chi connectivity index (χ4v) is 2.51. The predicted molar refractivity (Wildman–Crippen MR) is 82.9 cm³/mol. The average Bonchev–Trinajstić information content (AvgIpc) is 2.44. The van der Waals surface area contributed by atoms with E-state index in [1.165, 1.54) is 12.1 Å². The zero-order valence-electron chi connectivity index (χ0n) is 12.8. The van der Waals surface area contributed by atoms with Gasteiger partial charge in [-0.2, -0.15) is 0 Å². The third kappa shape index (κ3) is 4.44. The lowest BCUT2D eigenvalue weighted by molar-refractivity contribution is -0.0287. The molecule has 2 atom stereocenters. The molecule has 114 valence electrons. The Morgan fingerprint density at radius 2 is 2.10 bits per heavy atom. The third-order valence-electron chi connectivity index (χ3n) is 3.99. The van der Waals surface area contributed by atoms with Crippen LogP contribution < -0.4 is 5.32 Å². The maximum absolute atomic E-state index is 13.1. The van der Waals surface area contributed by atoms with Gasteiger partial charge >= 0.3 is 0 Å². The van der Waals surface area contributed by atoms with Gasteiger partial charge in [0.25, 0.3) is 0 Å². The topological polar surface area (TPSA) is 21.3 Å². The van der Waals surface area contributed by atoms with E-state index in [0.717, 1.165) is 31.4 Å². The molecule has 1 rings (SSSR count). The number of hydrogen-bond donors (Lipinski definition) is 1. The maximum atomic E-state index is 13.1. The normalized spacial score (nSPS) is 15.9. The average molecular weight is 302 g/mol. The minimum absolute atomic E-state index is 0.139. The summed E-state index contributed by atoms with van der Waals surface area (Å²) in [7, 11) is 1.73. The Balaban J connectivity index is 2.94. The fourth-order valence-electron chi connectivity index (χ4n) is 2.26. The van der Waals surface area contributed by atoms with Crippen molar-refractivity contribution in [2.45, 2.75) is 51.7 Å². The van der Waals surface area contributed by atoms with Crippen LogP contribution in [0, 0.1) is 5.82 Å². The number of hydrogen-bond acceptors (Lipinski definition) is 2. The summed E-state index contributed by atoms with van der Waals surface area (Å²) in [6.07, 6.45) is 2.66. The summed E-state index contributed by atoms with van der Waals surface area (Å²) in [4.78, 5) is 0. The largest absolute Gasteiger partial charge is 0.377 e. The van der Waals surface area contributed by atoms with E-state index in [1.807, 2.05) is 0 Å². The molecule has 1 aromatic rings. The van der Waals surface area contributed by atoms with Crippen LogP contribution in [-0.2, 0) is 11.2 Å². The number of rotatable bonds is 8. The summed E-state index contributed by atoms with van der Waals surface area (Å²) in [5, 5.41) is 4.00. The molecule has 0 amide bonds. The summed E-state index contributed by atoms with van der Waals surface area (Å²) in [6, 6.07) is 4.71. The minimum Gasteiger partial charge on any atom is -0.377 e. The van der Waals surface area contributed by atoms with E-state index in [9.17, 15) is 4.39 Å². The molecule has 0 saturated heterocycles. The van der Waals surface area contributed by atoms with E-state index in [1.54, 1.807) is 13.2 Å². The Bertz CT molecular complexity index is 421. The van der Waals surface area contributed by atoms with E-state index in [2.05, 4.69) is 26.1 Å². The van der Waals surface area contributed by atoms with Crippen LogP contribution >= 0.6 is 11.6 Å². The van der Waals surface area contributed by atoms with Gasteiger partial charge in [0.1, 0.15) is 5.82 Å². The highest BCUT2D eigenvalue weighted by Crippen LogP contribution is 2.26. The van der Waals surface area contributed by atoms with Gasteiger partial charge in [-0.15, -0.1) is 0 Å². The second kappa shape index (κ2) is 7.96. The second-order valence-corrected chi connectivity index (χ2v) is 5.72. The third-order valence-corrected chi connectivity index (χ3v) is 4.34. The maximum Gasteiger partial charge on any atom is 0.124 e. The molecule has 0 radical (unpaired) electrons. The van der Waals surface area contributed by atoms with Crippen LogP contribution in [-0.4, -0.2) is 25.3 Å². The van der Waals surface area contributed by atoms with Gasteiger partial charge in [0.2, 0.25) is 0 Å². The van der Waals surface area contributed by atoms with Crippen LogP contribution in [0.3, 0.4) is 0 Å². The van der Waals surface area contributed by atoms with Crippen LogP contribution in [0.25, 0.3) is 0 Å². The number of nitrogens with one attached hydrogen (secondary N) is 1. The van der Waals surface area contributed by atoms with Gasteiger partial charge in [0.15, 0.2) is 0 Å². The van der Waals surface area contributed by atoms with Crippen molar-refractivity contribution < 1.29 is 9.13 Å². The first-order valence-electron chi connectivity index (χ1n) is 7.19. The van der Waals surface area contributed by atoms with Crippen molar-refractivity contribution in [3.8, 4) is 0 Å². The molecule has 0 spiro atoms. The lowest BCUT2D eigenvalue weighted by Crippen LogP contribution is -2.51. The first-order chi connectivity index (χ1) is 9.46. The van der Waals surface area contributed by atoms with Crippen molar-refractivity contribution >= 4 is 11.6 Å². The molecule has 0 heterocycles. The van der Waals surface area contributed by atoms with E-state index in [4.69, 9.17) is 16.3 Å². The van der Waals surface area contributed by atoms with E-state index in [0.29, 0.717) is 5.02 Å². The molecule has 0 fully saturated rings. The molecule has 4 heteroatoms. The molecule has 0 saturated carbocycles. The minimum atomic E-state index is -0.304. The second-order valence-electron chi connectivity index (χ2n) is 5.32. The van der Waals surface area contributed by atoms with Gasteiger partial charge in [0, 0.05) is 18.2 Å². The Kier molecular flexibility index (Phi) is 6.93. The summed E-state index contributed by atoms with van der Waals surface area (Å²) in [6.45, 7) is 7.25. The quantitative estimate of drug-likeness (QED) is 0.777. The molecule has 0 aliphatic rings. The molecule has 1 N–H and O–H groups in total. The molecule has 0 bridgehead atoms. The van der Waals surface area contributed by atoms with Crippen LogP contribution in [0.4, 0.5) is 4.39 Å². The van der Waals surface area contributed by atoms with Crippen molar-refractivity contribution in [2.75, 3.05) is 13.7 Å². The summed E-state index contributed by atoms with van der Waals surface area (Å²) in [5.74, 6) is -0.304. The standard InChI is InChI=1S/C16H25ClFNO/c1-5-9-19-15(16(3,6-2)20-4)10-12-7-8-13(18)11-14(12)17/h7-8,11,15,19H,5-6,9-10H2,1-4H3. The number of ether oxygens (including phenoxy) is 1. The van der Waals surface area contributed by atoms with Crippen molar-refractivity contribution in [1.82, 2.24) is 5.32 Å². The highest BCUT2D eigenvalue weighted by molar-refractivity contribution is 6.31. The molecule has 2 nitrogen and oxygen atoms in total. The zero-order valence-corrected chi connectivity index (χ0v) is 13.6. The first-order valence-corrected chi connectivity index (χ1v) is 7.57. The van der Waals surface area contributed by atoms with Gasteiger partial charge in [0.05, 0.1) is 5.60 Å². The number of halogens is 2. The lowest BCUT2D eigenvalue weighted by Gasteiger charge is -2.37. The van der Waals surface area contributed by atoms with Gasteiger partial charge in [-0.1, -0.05) is 31.5 Å². The molecular weight excluding hydrogens is 277 g/mol. The van der Waals surface area contributed by atoms with Gasteiger partial charge < -0.3 is 10.1 Å². The van der Waals surface area contributed by atoms with Crippen molar-refractivity contribution in [3.05, 3.63) is 34.6 Å². The first kappa shape index (κ1) is 17.4. The molecule has 0 aliphatic carbocycles. The molecular formula is C16H25ClFNO. The van der Waals surface area contributed by atoms with E-state index < -0.39 is 0 Å². The molecule has 2 unspecified atom stereocenters. The van der Waals surface area contributed by atoms with Gasteiger partial charge in [-0.25, -0.2) is 4.39 Å². The summed E-state index contributed by atoms with van der Waals surface area (Å²) < 4.78 is 18.8. The predicted octanol–water partition coefficient (Wildman–Crippen LogP) is 4.20. The molecule has 0 aliphatic heterocycles. The molecule has 0 aromatic heterocycles. The summed E-state index contributed by atoms with van der Waals surface area (Å²) in [5.41, 5.74) is 0.672. The van der Waals surface area contributed by atoms with Crippen LogP contribution in [0.2, 0.25) is 5.02 Å². The van der Waals surface area contributed by atoms with Crippen LogP contribution in [0.5, 0.6) is 0 Å². The van der Waals surface area contributed by atoms with Crippen molar-refractivity contribution in [2.24, 2.45) is 0 Å². The monoisotopic (exact) mass is 301 g/mol. The van der Waals surface area contributed by atoms with Crippen molar-refractivity contribution in [3.63, 3.8) is 0 Å². The van der Waals surface area contributed by atoms with Crippen LogP contribution in [0.15, 0.2) is 18.2 Å². The Morgan fingerprint density at radius 3 is 2.60 bits per heavy atom. The fraction of sp³-hybridized carbons (Fsp3) is 0.625. The number of methoxy groups -OCH3 is 1. The van der Waals surface area contributed by atoms with E-state index >= 15 is 0 Å². The van der Waals surface area contributed by atoms with Gasteiger partial charge in [-0.05, 0) is 50.4 Å². The Hall–Kier alpha value is -0.640. The zero-order chi connectivity index (χ0) is 15.2. The Morgan fingerprint density at radius 1 is 1.40 bits per heavy atom. The highest BCUT2D eigenvalue weighted by atomic mass is 35.5. The Labute approximate surface area is 126 Å². The van der Waals surface area contributed by atoms with Crippen LogP contribution in [0.1, 0.15) is 39.2 Å². The lowest BCUT2D eigenvalue weighted by atomic mass is 9.88. The number of benzene rings is 1. The van der Waals surface area contributed by atoms with Gasteiger partial charge in [-0.3, -0.25) is 0 Å². The molecule has 1 aromatic carbocycles. The SMILES string of the molecule is CCCNC(Cc1ccc(F)cc1Cl)C(C)(CC)OC. The van der Waals surface area contributed by atoms with Crippen molar-refractivity contribution in [1.29, 1.82) is 0 Å². The highest BCUT2D eigenvalue weighted by Gasteiger charge is 2.32. The smallest absolute Gasteiger partial charge is 0.124 e. The van der Waals surface area contributed by atoms with E-state index in [-0.39, 0.29) is 17.5 Å². The summed E-state index contributed by atoms with van der Waals surface area (Å²) >= 11 is 6.14. The molecule has 20 heavy (non-hydrogen) atoms.